The molecule has 0 bridgehead atoms. The van der Waals surface area contributed by atoms with E-state index in [1.807, 2.05) is 26.0 Å². The van der Waals surface area contributed by atoms with Gasteiger partial charge in [-0.3, -0.25) is 0 Å². The summed E-state index contributed by atoms with van der Waals surface area (Å²) in [6, 6.07) is 3.92. The monoisotopic (exact) mass is 270 g/mol. The van der Waals surface area contributed by atoms with Crippen LogP contribution in [0.4, 0.5) is 0 Å². The standard InChI is InChI=1S/C18H22O2/c1-13-11-15(7-9-17(3,4)19)16(12-14(13)2)8-10-18(5,6)20/h11-12,19-20H,1-6H3. The minimum Gasteiger partial charge on any atom is -0.378 e. The first-order chi connectivity index (χ1) is 8.98. The Labute approximate surface area is 121 Å². The normalized spacial score (nSPS) is 11.2. The average molecular weight is 270 g/mol. The van der Waals surface area contributed by atoms with Crippen LogP contribution in [0.25, 0.3) is 0 Å². The van der Waals surface area contributed by atoms with Crippen molar-refractivity contribution >= 4 is 0 Å². The molecule has 2 heteroatoms. The Hall–Kier alpha value is -1.74. The highest BCUT2D eigenvalue weighted by molar-refractivity contribution is 5.54. The van der Waals surface area contributed by atoms with Crippen molar-refractivity contribution in [3.8, 4) is 23.7 Å². The molecule has 1 aromatic carbocycles. The molecule has 0 saturated carbocycles. The maximum atomic E-state index is 9.70. The van der Waals surface area contributed by atoms with E-state index in [0.717, 1.165) is 22.3 Å². The van der Waals surface area contributed by atoms with Crippen molar-refractivity contribution < 1.29 is 10.2 Å². The van der Waals surface area contributed by atoms with Gasteiger partial charge in [-0.25, -0.2) is 0 Å². The van der Waals surface area contributed by atoms with Gasteiger partial charge < -0.3 is 10.2 Å². The van der Waals surface area contributed by atoms with Gasteiger partial charge in [0.2, 0.25) is 0 Å². The fourth-order valence-corrected chi connectivity index (χ4v) is 1.46. The lowest BCUT2D eigenvalue weighted by Gasteiger charge is -2.09. The second kappa shape index (κ2) is 5.71. The number of hydrogen-bond donors (Lipinski definition) is 2. The summed E-state index contributed by atoms with van der Waals surface area (Å²) in [7, 11) is 0. The lowest BCUT2D eigenvalue weighted by Crippen LogP contribution is -2.15. The SMILES string of the molecule is Cc1cc(C#CC(C)(C)O)c(C#CC(C)(C)O)cc1C. The van der Waals surface area contributed by atoms with E-state index in [1.165, 1.54) is 0 Å². The van der Waals surface area contributed by atoms with Gasteiger partial charge >= 0.3 is 0 Å². The van der Waals surface area contributed by atoms with Crippen LogP contribution in [0.2, 0.25) is 0 Å². The molecular weight excluding hydrogens is 248 g/mol. The van der Waals surface area contributed by atoms with E-state index in [2.05, 4.69) is 23.7 Å². The topological polar surface area (TPSA) is 40.5 Å². The van der Waals surface area contributed by atoms with Crippen LogP contribution in [0, 0.1) is 37.5 Å². The number of rotatable bonds is 0. The van der Waals surface area contributed by atoms with Crippen LogP contribution in [0.5, 0.6) is 0 Å². The lowest BCUT2D eigenvalue weighted by molar-refractivity contribution is 0.143. The summed E-state index contributed by atoms with van der Waals surface area (Å²) >= 11 is 0. The minimum absolute atomic E-state index is 0.770. The predicted octanol–water partition coefficient (Wildman–Crippen LogP) is 2.55. The van der Waals surface area contributed by atoms with Gasteiger partial charge in [-0.2, -0.15) is 0 Å². The third kappa shape index (κ3) is 5.49. The van der Waals surface area contributed by atoms with E-state index < -0.39 is 11.2 Å². The smallest absolute Gasteiger partial charge is 0.120 e. The van der Waals surface area contributed by atoms with Crippen LogP contribution < -0.4 is 0 Å². The summed E-state index contributed by atoms with van der Waals surface area (Å²) < 4.78 is 0. The summed E-state index contributed by atoms with van der Waals surface area (Å²) in [4.78, 5) is 0. The number of aliphatic hydroxyl groups is 2. The second-order valence-corrected chi connectivity index (χ2v) is 6.10. The number of hydrogen-bond acceptors (Lipinski definition) is 2. The Morgan fingerprint density at radius 3 is 1.30 bits per heavy atom. The third-order valence-corrected chi connectivity index (χ3v) is 2.64. The molecule has 0 unspecified atom stereocenters. The molecule has 2 N–H and O–H groups in total. The van der Waals surface area contributed by atoms with Crippen LogP contribution >= 0.6 is 0 Å². The molecule has 2 nitrogen and oxygen atoms in total. The van der Waals surface area contributed by atoms with Crippen LogP contribution in [0.15, 0.2) is 12.1 Å². The Bertz CT molecular complexity index is 561. The molecular formula is C18H22O2. The summed E-state index contributed by atoms with van der Waals surface area (Å²) in [5.74, 6) is 11.5. The first-order valence-electron chi connectivity index (χ1n) is 6.60. The van der Waals surface area contributed by atoms with Crippen molar-refractivity contribution in [3.63, 3.8) is 0 Å². The van der Waals surface area contributed by atoms with E-state index in [-0.39, 0.29) is 0 Å². The molecule has 0 aromatic heterocycles. The molecule has 0 aliphatic carbocycles. The first kappa shape index (κ1) is 16.3. The molecule has 20 heavy (non-hydrogen) atoms. The Morgan fingerprint density at radius 2 is 1.05 bits per heavy atom. The van der Waals surface area contributed by atoms with E-state index in [9.17, 15) is 10.2 Å². The van der Waals surface area contributed by atoms with Gasteiger partial charge in [0.05, 0.1) is 0 Å². The highest BCUT2D eigenvalue weighted by Crippen LogP contribution is 2.15. The predicted molar refractivity (Wildman–Crippen MR) is 82.3 cm³/mol. The molecule has 0 aliphatic rings. The summed E-state index contributed by atoms with van der Waals surface area (Å²) in [6.45, 7) is 10.6. The van der Waals surface area contributed by atoms with Crippen LogP contribution in [0.3, 0.4) is 0 Å². The van der Waals surface area contributed by atoms with Crippen molar-refractivity contribution in [2.24, 2.45) is 0 Å². The Balaban J connectivity index is 3.37. The number of benzene rings is 1. The van der Waals surface area contributed by atoms with Gasteiger partial charge in [-0.05, 0) is 64.8 Å². The van der Waals surface area contributed by atoms with E-state index >= 15 is 0 Å². The van der Waals surface area contributed by atoms with Crippen molar-refractivity contribution in [2.45, 2.75) is 52.7 Å². The number of aryl methyl sites for hydroxylation is 2. The van der Waals surface area contributed by atoms with Crippen molar-refractivity contribution in [1.82, 2.24) is 0 Å². The van der Waals surface area contributed by atoms with Crippen molar-refractivity contribution in [1.29, 1.82) is 0 Å². The average Bonchev–Trinajstić information content (AvgIpc) is 2.26. The highest BCUT2D eigenvalue weighted by Gasteiger charge is 2.09. The zero-order chi connectivity index (χ0) is 15.6. The molecule has 0 spiro atoms. The van der Waals surface area contributed by atoms with Gasteiger partial charge in [0.1, 0.15) is 11.2 Å². The molecule has 0 radical (unpaired) electrons. The van der Waals surface area contributed by atoms with Crippen LogP contribution in [-0.4, -0.2) is 21.4 Å². The molecule has 0 atom stereocenters. The van der Waals surface area contributed by atoms with Crippen molar-refractivity contribution in [3.05, 3.63) is 34.4 Å². The van der Waals surface area contributed by atoms with Gasteiger partial charge in [-0.1, -0.05) is 23.7 Å². The van der Waals surface area contributed by atoms with E-state index in [1.54, 1.807) is 27.7 Å². The highest BCUT2D eigenvalue weighted by atomic mass is 16.3. The maximum absolute atomic E-state index is 9.70. The van der Waals surface area contributed by atoms with E-state index in [4.69, 9.17) is 0 Å². The molecule has 0 aliphatic heterocycles. The molecule has 0 saturated heterocycles. The van der Waals surface area contributed by atoms with E-state index in [0.29, 0.717) is 0 Å². The zero-order valence-electron chi connectivity index (χ0n) is 13.0. The molecule has 0 amide bonds. The molecule has 0 heterocycles. The zero-order valence-corrected chi connectivity index (χ0v) is 13.0. The minimum atomic E-state index is -1.04. The van der Waals surface area contributed by atoms with Gasteiger partial charge in [0, 0.05) is 11.1 Å². The van der Waals surface area contributed by atoms with Crippen LogP contribution in [-0.2, 0) is 0 Å². The van der Waals surface area contributed by atoms with Gasteiger partial charge in [0.15, 0.2) is 0 Å². The van der Waals surface area contributed by atoms with Gasteiger partial charge in [-0.15, -0.1) is 0 Å². The second-order valence-electron chi connectivity index (χ2n) is 6.10. The fraction of sp³-hybridized carbons (Fsp3) is 0.444. The molecule has 1 rings (SSSR count). The molecule has 0 fully saturated rings. The Morgan fingerprint density at radius 1 is 0.750 bits per heavy atom. The maximum Gasteiger partial charge on any atom is 0.120 e. The lowest BCUT2D eigenvalue weighted by atomic mass is 9.98. The summed E-state index contributed by atoms with van der Waals surface area (Å²) in [5.41, 5.74) is 1.70. The van der Waals surface area contributed by atoms with Gasteiger partial charge in [0.25, 0.3) is 0 Å². The molecule has 106 valence electrons. The largest absolute Gasteiger partial charge is 0.378 e. The Kier molecular flexibility index (Phi) is 4.66. The molecule has 1 aromatic rings. The fourth-order valence-electron chi connectivity index (χ4n) is 1.46. The van der Waals surface area contributed by atoms with Crippen molar-refractivity contribution in [2.75, 3.05) is 0 Å². The quantitative estimate of drug-likeness (QED) is 0.711. The van der Waals surface area contributed by atoms with Crippen LogP contribution in [0.1, 0.15) is 49.9 Å². The first-order valence-corrected chi connectivity index (χ1v) is 6.60. The summed E-state index contributed by atoms with van der Waals surface area (Å²) in [5, 5.41) is 19.4. The summed E-state index contributed by atoms with van der Waals surface area (Å²) in [6.07, 6.45) is 0. The third-order valence-electron chi connectivity index (χ3n) is 2.64.